The molecular formula is C26H34F2N6O4. The molecule has 0 bridgehead atoms. The highest BCUT2D eigenvalue weighted by Gasteiger charge is 2.22. The third-order valence-electron chi connectivity index (χ3n) is 6.75. The minimum atomic E-state index is -0.871. The largest absolute Gasteiger partial charge is 0.399 e. The Kier molecular flexibility index (Phi) is 10.1. The number of benzene rings is 2. The van der Waals surface area contributed by atoms with Gasteiger partial charge in [-0.1, -0.05) is 0 Å². The molecule has 38 heavy (non-hydrogen) atoms. The number of nitrogens with two attached hydrogens (primary N) is 1. The van der Waals surface area contributed by atoms with Gasteiger partial charge in [-0.2, -0.15) is 0 Å². The van der Waals surface area contributed by atoms with Crippen LogP contribution in [0.15, 0.2) is 36.4 Å². The fourth-order valence-corrected chi connectivity index (χ4v) is 4.35. The monoisotopic (exact) mass is 532 g/mol. The molecule has 12 heteroatoms. The lowest BCUT2D eigenvalue weighted by Gasteiger charge is -2.29. The zero-order valence-corrected chi connectivity index (χ0v) is 21.6. The molecule has 0 saturated carbocycles. The molecule has 10 nitrogen and oxygen atoms in total. The molecule has 2 aromatic carbocycles. The number of rotatable bonds is 5. The number of amides is 2. The van der Waals surface area contributed by atoms with Crippen LogP contribution < -0.4 is 16.4 Å². The summed E-state index contributed by atoms with van der Waals surface area (Å²) in [6, 6.07) is 7.33. The van der Waals surface area contributed by atoms with Gasteiger partial charge >= 0.3 is 0 Å². The Morgan fingerprint density at radius 1 is 0.842 bits per heavy atom. The number of carbonyl (C=O) groups excluding carboxylic acids is 2. The summed E-state index contributed by atoms with van der Waals surface area (Å²) in [4.78, 5) is 38.1. The average molecular weight is 533 g/mol. The first-order valence-corrected chi connectivity index (χ1v) is 12.5. The van der Waals surface area contributed by atoms with Gasteiger partial charge in [-0.3, -0.25) is 19.7 Å². The number of nitrogens with one attached hydrogen (secondary N) is 2. The zero-order valence-electron chi connectivity index (χ0n) is 21.6. The zero-order chi connectivity index (χ0) is 27.8. The molecule has 2 heterocycles. The summed E-state index contributed by atoms with van der Waals surface area (Å²) in [7, 11) is 4.06. The molecule has 4 N–H and O–H groups in total. The molecule has 0 atom stereocenters. The molecular weight excluding hydrogens is 498 g/mol. The highest BCUT2D eigenvalue weighted by Crippen LogP contribution is 2.18. The summed E-state index contributed by atoms with van der Waals surface area (Å²) >= 11 is 0. The molecule has 2 aliphatic heterocycles. The summed E-state index contributed by atoms with van der Waals surface area (Å²) < 4.78 is 27.3. The second-order valence-corrected chi connectivity index (χ2v) is 9.76. The summed E-state index contributed by atoms with van der Waals surface area (Å²) in [6.45, 7) is 3.67. The van der Waals surface area contributed by atoms with E-state index in [9.17, 15) is 28.5 Å². The van der Waals surface area contributed by atoms with Crippen LogP contribution >= 0.6 is 0 Å². The highest BCUT2D eigenvalue weighted by molar-refractivity contribution is 5.95. The quantitative estimate of drug-likeness (QED) is 0.306. The van der Waals surface area contributed by atoms with Gasteiger partial charge in [-0.05, 0) is 90.2 Å². The van der Waals surface area contributed by atoms with E-state index < -0.39 is 22.5 Å². The normalized spacial score (nSPS) is 17.3. The number of nitro benzene ring substituents is 1. The van der Waals surface area contributed by atoms with Crippen LogP contribution in [0, 0.1) is 21.7 Å². The van der Waals surface area contributed by atoms with Crippen molar-refractivity contribution in [3.05, 3.63) is 69.3 Å². The first-order valence-electron chi connectivity index (χ1n) is 12.5. The smallest absolute Gasteiger partial charge is 0.272 e. The van der Waals surface area contributed by atoms with Crippen molar-refractivity contribution >= 4 is 23.2 Å². The van der Waals surface area contributed by atoms with Crippen molar-refractivity contribution in [3.63, 3.8) is 0 Å². The lowest BCUT2D eigenvalue weighted by molar-refractivity contribution is -0.385. The number of anilines is 1. The van der Waals surface area contributed by atoms with Crippen LogP contribution in [0.25, 0.3) is 0 Å². The number of hydrogen-bond donors (Lipinski definition) is 3. The third-order valence-corrected chi connectivity index (χ3v) is 6.75. The van der Waals surface area contributed by atoms with E-state index in [0.717, 1.165) is 70.1 Å². The summed E-state index contributed by atoms with van der Waals surface area (Å²) in [6.07, 6.45) is 3.44. The maximum Gasteiger partial charge on any atom is 0.272 e. The molecule has 2 aromatic rings. The number of halogens is 2. The summed E-state index contributed by atoms with van der Waals surface area (Å²) in [5.74, 6) is -2.32. The van der Waals surface area contributed by atoms with E-state index in [2.05, 4.69) is 27.5 Å². The second-order valence-electron chi connectivity index (χ2n) is 9.76. The molecule has 2 fully saturated rings. The van der Waals surface area contributed by atoms with Crippen LogP contribution in [-0.2, 0) is 0 Å². The number of likely N-dealkylation sites (tertiary alicyclic amines) is 2. The fraction of sp³-hybridized carbons (Fsp3) is 0.462. The standard InChI is InChI=1S/C13H16FN3O3.C13H18FN3O/c1-16-6-4-9(5-7-16)15-13(18)11-3-2-10(17(19)20)8-12(11)14;1-17-6-4-10(5-7-17)16-13(18)11-3-2-9(15)8-12(11)14/h2-3,8-9H,4-7H2,1H3,(H,15,18);2-3,8,10H,4-7,15H2,1H3,(H,16,18). The topological polar surface area (TPSA) is 134 Å². The van der Waals surface area contributed by atoms with E-state index in [4.69, 9.17) is 5.73 Å². The van der Waals surface area contributed by atoms with Gasteiger partial charge in [0.1, 0.15) is 11.6 Å². The molecule has 2 aliphatic rings. The Morgan fingerprint density at radius 2 is 1.26 bits per heavy atom. The summed E-state index contributed by atoms with van der Waals surface area (Å²) in [5, 5.41) is 16.2. The number of hydrogen-bond acceptors (Lipinski definition) is 7. The minimum absolute atomic E-state index is 0.0216. The molecule has 4 rings (SSSR count). The summed E-state index contributed by atoms with van der Waals surface area (Å²) in [5.41, 5.74) is 5.31. The Morgan fingerprint density at radius 3 is 1.66 bits per heavy atom. The third kappa shape index (κ3) is 8.18. The number of nitrogens with zero attached hydrogens (tertiary/aromatic N) is 3. The molecule has 0 unspecified atom stereocenters. The van der Waals surface area contributed by atoms with Gasteiger partial charge in [0.05, 0.1) is 22.1 Å². The van der Waals surface area contributed by atoms with Gasteiger partial charge in [0, 0.05) is 23.8 Å². The average Bonchev–Trinajstić information content (AvgIpc) is 2.87. The van der Waals surface area contributed by atoms with Gasteiger partial charge in [0.25, 0.3) is 17.5 Å². The molecule has 2 amide bonds. The molecule has 0 aromatic heterocycles. The van der Waals surface area contributed by atoms with Crippen molar-refractivity contribution in [2.24, 2.45) is 0 Å². The van der Waals surface area contributed by atoms with Gasteiger partial charge in [-0.25, -0.2) is 8.78 Å². The van der Waals surface area contributed by atoms with E-state index in [-0.39, 0.29) is 34.8 Å². The first-order chi connectivity index (χ1) is 18.0. The van der Waals surface area contributed by atoms with Crippen molar-refractivity contribution in [3.8, 4) is 0 Å². The number of piperidine rings is 2. The number of non-ortho nitro benzene ring substituents is 1. The van der Waals surface area contributed by atoms with Gasteiger partial charge < -0.3 is 26.2 Å². The number of carbonyl (C=O) groups is 2. The molecule has 0 spiro atoms. The predicted molar refractivity (Wildman–Crippen MR) is 140 cm³/mol. The van der Waals surface area contributed by atoms with Gasteiger partial charge in [-0.15, -0.1) is 0 Å². The van der Waals surface area contributed by atoms with Crippen molar-refractivity contribution in [2.45, 2.75) is 37.8 Å². The van der Waals surface area contributed by atoms with Crippen molar-refractivity contribution < 1.29 is 23.3 Å². The Bertz CT molecular complexity index is 1150. The minimum Gasteiger partial charge on any atom is -0.399 e. The highest BCUT2D eigenvalue weighted by atomic mass is 19.1. The van der Waals surface area contributed by atoms with E-state index in [0.29, 0.717) is 5.69 Å². The van der Waals surface area contributed by atoms with Crippen LogP contribution in [0.5, 0.6) is 0 Å². The van der Waals surface area contributed by atoms with Crippen LogP contribution in [0.2, 0.25) is 0 Å². The van der Waals surface area contributed by atoms with Crippen molar-refractivity contribution in [1.29, 1.82) is 0 Å². The van der Waals surface area contributed by atoms with E-state index in [1.807, 2.05) is 7.05 Å². The molecule has 2 saturated heterocycles. The number of nitrogen functional groups attached to an aromatic ring is 1. The van der Waals surface area contributed by atoms with Crippen LogP contribution in [-0.4, -0.2) is 78.9 Å². The van der Waals surface area contributed by atoms with E-state index >= 15 is 0 Å². The van der Waals surface area contributed by atoms with Crippen molar-refractivity contribution in [2.75, 3.05) is 46.0 Å². The molecule has 0 radical (unpaired) electrons. The maximum absolute atomic E-state index is 13.7. The lowest BCUT2D eigenvalue weighted by Crippen LogP contribution is -2.43. The first kappa shape index (κ1) is 28.9. The maximum atomic E-state index is 13.7. The van der Waals surface area contributed by atoms with Gasteiger partial charge in [0.2, 0.25) is 0 Å². The number of nitro groups is 1. The van der Waals surface area contributed by atoms with E-state index in [1.54, 1.807) is 0 Å². The lowest BCUT2D eigenvalue weighted by atomic mass is 10.0. The van der Waals surface area contributed by atoms with Crippen LogP contribution in [0.4, 0.5) is 20.2 Å². The van der Waals surface area contributed by atoms with Crippen LogP contribution in [0.3, 0.4) is 0 Å². The Balaban J connectivity index is 0.000000212. The SMILES string of the molecule is CN1CCC(NC(=O)c2ccc(N)cc2F)CC1.CN1CCC(NC(=O)c2ccc([N+](=O)[O-])cc2F)CC1. The molecule has 0 aliphatic carbocycles. The van der Waals surface area contributed by atoms with Gasteiger partial charge in [0.15, 0.2) is 0 Å². The Labute approximate surface area is 220 Å². The second kappa shape index (κ2) is 13.2. The fourth-order valence-electron chi connectivity index (χ4n) is 4.35. The van der Waals surface area contributed by atoms with E-state index in [1.165, 1.54) is 18.2 Å². The van der Waals surface area contributed by atoms with Crippen LogP contribution in [0.1, 0.15) is 46.4 Å². The molecule has 206 valence electrons. The van der Waals surface area contributed by atoms with Crippen molar-refractivity contribution in [1.82, 2.24) is 20.4 Å². The Hall–Kier alpha value is -3.64. The predicted octanol–water partition coefficient (Wildman–Crippen LogP) is 2.79.